The van der Waals surface area contributed by atoms with Crippen molar-refractivity contribution < 1.29 is 23.8 Å². The summed E-state index contributed by atoms with van der Waals surface area (Å²) in [6.45, 7) is 0. The van der Waals surface area contributed by atoms with Crippen molar-refractivity contribution in [3.8, 4) is 5.75 Å². The van der Waals surface area contributed by atoms with E-state index in [2.05, 4.69) is 0 Å². The number of hydrogen-bond acceptors (Lipinski definition) is 7. The normalized spacial score (nSPS) is 14.3. The van der Waals surface area contributed by atoms with Gasteiger partial charge in [0.25, 0.3) is 0 Å². The molecule has 0 atom stereocenters. The standard InChI is InChI=1S/C20H19NO5S/c1-24-14-8-6-13(7-9-14)21-11-15(19(22)25-2)18(17-5-4-10-27-17)16(12-21)20(23)26-3/h4-12,18H,1-3H3. The Bertz CT molecular complexity index is 850. The number of ether oxygens (including phenoxy) is 3. The van der Waals surface area contributed by atoms with Crippen LogP contribution in [0.1, 0.15) is 10.8 Å². The molecule has 0 saturated carbocycles. The van der Waals surface area contributed by atoms with Gasteiger partial charge in [-0.25, -0.2) is 9.59 Å². The third-order valence-electron chi connectivity index (χ3n) is 4.22. The first-order chi connectivity index (χ1) is 13.1. The highest BCUT2D eigenvalue weighted by Gasteiger charge is 2.36. The lowest BCUT2D eigenvalue weighted by Crippen LogP contribution is -2.28. The third-order valence-corrected chi connectivity index (χ3v) is 5.16. The minimum atomic E-state index is -0.542. The third kappa shape index (κ3) is 3.73. The number of carbonyl (C=O) groups excluding carboxylic acids is 2. The van der Waals surface area contributed by atoms with Crippen LogP contribution in [0.4, 0.5) is 5.69 Å². The average Bonchev–Trinajstić information content (AvgIpc) is 3.26. The maximum atomic E-state index is 12.5. The van der Waals surface area contributed by atoms with Crippen LogP contribution in [0.25, 0.3) is 0 Å². The molecular formula is C20H19NO5S. The van der Waals surface area contributed by atoms with Gasteiger partial charge in [0.2, 0.25) is 0 Å². The molecule has 0 fully saturated rings. The van der Waals surface area contributed by atoms with Crippen molar-refractivity contribution in [2.24, 2.45) is 0 Å². The molecule has 3 rings (SSSR count). The quantitative estimate of drug-likeness (QED) is 0.735. The molecule has 6 nitrogen and oxygen atoms in total. The molecule has 2 aromatic rings. The first-order valence-electron chi connectivity index (χ1n) is 8.15. The van der Waals surface area contributed by atoms with Gasteiger partial charge in [-0.3, -0.25) is 0 Å². The van der Waals surface area contributed by atoms with Crippen LogP contribution < -0.4 is 9.64 Å². The molecule has 1 aromatic carbocycles. The van der Waals surface area contributed by atoms with Gasteiger partial charge in [-0.05, 0) is 35.7 Å². The molecule has 0 spiro atoms. The summed E-state index contributed by atoms with van der Waals surface area (Å²) in [5, 5.41) is 1.90. The fourth-order valence-corrected chi connectivity index (χ4v) is 3.76. The topological polar surface area (TPSA) is 65.1 Å². The smallest absolute Gasteiger partial charge is 0.336 e. The molecule has 0 N–H and O–H groups in total. The van der Waals surface area contributed by atoms with Gasteiger partial charge in [0.1, 0.15) is 5.75 Å². The minimum Gasteiger partial charge on any atom is -0.497 e. The predicted molar refractivity (Wildman–Crippen MR) is 103 cm³/mol. The van der Waals surface area contributed by atoms with E-state index in [1.54, 1.807) is 36.5 Å². The second-order valence-electron chi connectivity index (χ2n) is 5.71. The van der Waals surface area contributed by atoms with E-state index in [4.69, 9.17) is 14.2 Å². The number of rotatable bonds is 5. The Hall–Kier alpha value is -3.06. The molecular weight excluding hydrogens is 366 g/mol. The largest absolute Gasteiger partial charge is 0.497 e. The molecule has 0 bridgehead atoms. The van der Waals surface area contributed by atoms with Crippen molar-refractivity contribution in [2.45, 2.75) is 5.92 Å². The van der Waals surface area contributed by atoms with Gasteiger partial charge in [0.05, 0.1) is 38.4 Å². The van der Waals surface area contributed by atoms with E-state index in [1.807, 2.05) is 29.6 Å². The van der Waals surface area contributed by atoms with Gasteiger partial charge in [0.15, 0.2) is 0 Å². The zero-order chi connectivity index (χ0) is 19.4. The Morgan fingerprint density at radius 2 is 1.52 bits per heavy atom. The summed E-state index contributed by atoms with van der Waals surface area (Å²) in [6, 6.07) is 11.0. The zero-order valence-electron chi connectivity index (χ0n) is 15.2. The number of anilines is 1. The minimum absolute atomic E-state index is 0.360. The maximum Gasteiger partial charge on any atom is 0.336 e. The van der Waals surface area contributed by atoms with Crippen molar-refractivity contribution in [3.63, 3.8) is 0 Å². The molecule has 1 aromatic heterocycles. The first-order valence-corrected chi connectivity index (χ1v) is 9.02. The van der Waals surface area contributed by atoms with Crippen molar-refractivity contribution in [3.05, 3.63) is 70.2 Å². The zero-order valence-corrected chi connectivity index (χ0v) is 16.0. The number of carbonyl (C=O) groups is 2. The number of benzene rings is 1. The van der Waals surface area contributed by atoms with E-state index in [0.717, 1.165) is 10.6 Å². The molecule has 0 amide bonds. The molecule has 27 heavy (non-hydrogen) atoms. The summed E-state index contributed by atoms with van der Waals surface area (Å²) in [6.07, 6.45) is 3.37. The van der Waals surface area contributed by atoms with Crippen LogP contribution in [-0.2, 0) is 19.1 Å². The van der Waals surface area contributed by atoms with E-state index in [1.165, 1.54) is 25.6 Å². The molecule has 140 valence electrons. The lowest BCUT2D eigenvalue weighted by Gasteiger charge is -2.29. The van der Waals surface area contributed by atoms with E-state index in [-0.39, 0.29) is 0 Å². The lowest BCUT2D eigenvalue weighted by molar-refractivity contribution is -0.137. The second-order valence-corrected chi connectivity index (χ2v) is 6.69. The number of methoxy groups -OCH3 is 3. The summed E-state index contributed by atoms with van der Waals surface area (Å²) in [7, 11) is 4.23. The molecule has 0 saturated heterocycles. The number of hydrogen-bond donors (Lipinski definition) is 0. The van der Waals surface area contributed by atoms with Crippen LogP contribution in [0.15, 0.2) is 65.3 Å². The molecule has 7 heteroatoms. The summed E-state index contributed by atoms with van der Waals surface area (Å²) >= 11 is 1.46. The average molecular weight is 385 g/mol. The fourth-order valence-electron chi connectivity index (χ4n) is 2.90. The Morgan fingerprint density at radius 1 is 0.926 bits per heavy atom. The van der Waals surface area contributed by atoms with Crippen molar-refractivity contribution in [2.75, 3.05) is 26.2 Å². The first kappa shape index (κ1) is 18.7. The van der Waals surface area contributed by atoms with E-state index in [9.17, 15) is 9.59 Å². The molecule has 1 aliphatic heterocycles. The van der Waals surface area contributed by atoms with E-state index >= 15 is 0 Å². The van der Waals surface area contributed by atoms with Gasteiger partial charge in [-0.2, -0.15) is 0 Å². The lowest BCUT2D eigenvalue weighted by atomic mass is 9.88. The SMILES string of the molecule is COC(=O)C1=CN(c2ccc(OC)cc2)C=C(C(=O)OC)C1c1cccs1. The van der Waals surface area contributed by atoms with Crippen LogP contribution >= 0.6 is 11.3 Å². The van der Waals surface area contributed by atoms with Crippen LogP contribution in [0.5, 0.6) is 5.75 Å². The van der Waals surface area contributed by atoms with Gasteiger partial charge in [-0.1, -0.05) is 6.07 Å². The van der Waals surface area contributed by atoms with Crippen LogP contribution in [0, 0.1) is 0 Å². The Balaban J connectivity index is 2.11. The van der Waals surface area contributed by atoms with Crippen molar-refractivity contribution >= 4 is 29.0 Å². The molecule has 1 aliphatic rings. The summed E-state index contributed by atoms with van der Waals surface area (Å²) < 4.78 is 15.1. The van der Waals surface area contributed by atoms with Gasteiger partial charge >= 0.3 is 11.9 Å². The fraction of sp³-hybridized carbons (Fsp3) is 0.200. The molecule has 0 unspecified atom stereocenters. The summed E-state index contributed by atoms with van der Waals surface area (Å²) in [4.78, 5) is 27.6. The highest BCUT2D eigenvalue weighted by molar-refractivity contribution is 7.10. The molecule has 0 radical (unpaired) electrons. The number of esters is 2. The van der Waals surface area contributed by atoms with Gasteiger partial charge in [0, 0.05) is 23.0 Å². The van der Waals surface area contributed by atoms with Gasteiger partial charge < -0.3 is 19.1 Å². The highest BCUT2D eigenvalue weighted by atomic mass is 32.1. The van der Waals surface area contributed by atoms with Crippen molar-refractivity contribution in [1.29, 1.82) is 0 Å². The van der Waals surface area contributed by atoms with E-state index in [0.29, 0.717) is 16.9 Å². The van der Waals surface area contributed by atoms with E-state index < -0.39 is 17.9 Å². The Labute approximate surface area is 161 Å². The highest BCUT2D eigenvalue weighted by Crippen LogP contribution is 2.40. The number of thiophene rings is 1. The summed E-state index contributed by atoms with van der Waals surface area (Å²) in [5.74, 6) is -0.830. The Morgan fingerprint density at radius 3 is 1.96 bits per heavy atom. The second kappa shape index (κ2) is 8.09. The van der Waals surface area contributed by atoms with Crippen LogP contribution in [-0.4, -0.2) is 33.3 Å². The molecule has 2 heterocycles. The molecule has 0 aliphatic carbocycles. The van der Waals surface area contributed by atoms with Crippen LogP contribution in [0.3, 0.4) is 0 Å². The summed E-state index contributed by atoms with van der Waals surface area (Å²) in [5.41, 5.74) is 1.49. The number of nitrogens with zero attached hydrogens (tertiary/aromatic N) is 1. The van der Waals surface area contributed by atoms with Crippen LogP contribution in [0.2, 0.25) is 0 Å². The Kier molecular flexibility index (Phi) is 5.61. The van der Waals surface area contributed by atoms with Crippen molar-refractivity contribution in [1.82, 2.24) is 0 Å². The monoisotopic (exact) mass is 385 g/mol. The predicted octanol–water partition coefficient (Wildman–Crippen LogP) is 3.47. The van der Waals surface area contributed by atoms with Gasteiger partial charge in [-0.15, -0.1) is 11.3 Å². The maximum absolute atomic E-state index is 12.5.